The molecule has 0 spiro atoms. The van der Waals surface area contributed by atoms with Gasteiger partial charge in [0.15, 0.2) is 5.82 Å². The average Bonchev–Trinajstić information content (AvgIpc) is 3.22. The summed E-state index contributed by atoms with van der Waals surface area (Å²) in [5.41, 5.74) is 6.61. The van der Waals surface area contributed by atoms with Crippen molar-refractivity contribution < 1.29 is 13.3 Å². The number of benzene rings is 5. The highest BCUT2D eigenvalue weighted by molar-refractivity contribution is 7.99. The number of sulfonamides is 1. The van der Waals surface area contributed by atoms with Gasteiger partial charge in [0, 0.05) is 66.6 Å². The Morgan fingerprint density at radius 1 is 0.862 bits per heavy atom. The lowest BCUT2D eigenvalue weighted by Gasteiger charge is -2.36. The number of fused-ring (bicyclic) bond motifs is 1. The molecule has 1 unspecified atom stereocenters. The van der Waals surface area contributed by atoms with Crippen LogP contribution in [0.15, 0.2) is 131 Å². The van der Waals surface area contributed by atoms with Crippen LogP contribution in [0.1, 0.15) is 17.5 Å². The van der Waals surface area contributed by atoms with E-state index in [4.69, 9.17) is 0 Å². The highest BCUT2D eigenvalue weighted by Crippen LogP contribution is 2.33. The Hall–Kier alpha value is -5.54. The van der Waals surface area contributed by atoms with Gasteiger partial charge >= 0.3 is 0 Å². The number of nitro benzene ring substituents is 1. The maximum absolute atomic E-state index is 13.7. The number of hydrogen-bond acceptors (Lipinski definition) is 11. The van der Waals surface area contributed by atoms with E-state index in [0.717, 1.165) is 62.3 Å². The number of piperazine rings is 1. The van der Waals surface area contributed by atoms with E-state index in [-0.39, 0.29) is 28.1 Å². The molecule has 1 atom stereocenters. The predicted octanol–water partition coefficient (Wildman–Crippen LogP) is 8.16. The van der Waals surface area contributed by atoms with Crippen molar-refractivity contribution in [1.82, 2.24) is 19.8 Å². The summed E-state index contributed by atoms with van der Waals surface area (Å²) in [6.07, 6.45) is 2.05. The topological polar surface area (TPSA) is 137 Å². The first-order valence-corrected chi connectivity index (χ1v) is 21.8. The van der Waals surface area contributed by atoms with E-state index in [1.165, 1.54) is 40.7 Å². The van der Waals surface area contributed by atoms with Crippen LogP contribution in [-0.4, -0.2) is 91.7 Å². The summed E-state index contributed by atoms with van der Waals surface area (Å²) in [6, 6.07) is 36.7. The zero-order chi connectivity index (χ0) is 40.6. The number of aryl methyl sites for hydroxylation is 1. The van der Waals surface area contributed by atoms with Gasteiger partial charge in [-0.3, -0.25) is 19.7 Å². The minimum atomic E-state index is -4.26. The molecule has 0 radical (unpaired) electrons. The van der Waals surface area contributed by atoms with Gasteiger partial charge < -0.3 is 15.1 Å². The summed E-state index contributed by atoms with van der Waals surface area (Å²) in [7, 11) is -0.300. The number of thioether (sulfide) groups is 1. The van der Waals surface area contributed by atoms with E-state index in [9.17, 15) is 18.5 Å². The number of nitrogens with one attached hydrogen (secondary N) is 2. The van der Waals surface area contributed by atoms with Gasteiger partial charge in [0.05, 0.1) is 15.3 Å². The van der Waals surface area contributed by atoms with E-state index in [2.05, 4.69) is 90.2 Å². The van der Waals surface area contributed by atoms with E-state index in [1.54, 1.807) is 11.8 Å². The number of anilines is 3. The molecule has 14 heteroatoms. The van der Waals surface area contributed by atoms with Crippen LogP contribution in [0.5, 0.6) is 0 Å². The lowest BCUT2D eigenvalue weighted by Crippen LogP contribution is -2.46. The molecule has 1 fully saturated rings. The molecule has 0 aliphatic carbocycles. The molecule has 6 aromatic rings. The molecule has 0 bridgehead atoms. The molecule has 1 aromatic heterocycles. The summed E-state index contributed by atoms with van der Waals surface area (Å²) in [6.45, 7) is 7.22. The van der Waals surface area contributed by atoms with Crippen LogP contribution in [0.25, 0.3) is 22.0 Å². The van der Waals surface area contributed by atoms with Gasteiger partial charge in [-0.15, -0.1) is 11.8 Å². The second kappa shape index (κ2) is 18.4. The van der Waals surface area contributed by atoms with Crippen molar-refractivity contribution in [2.45, 2.75) is 35.7 Å². The Morgan fingerprint density at radius 2 is 1.59 bits per heavy atom. The van der Waals surface area contributed by atoms with Gasteiger partial charge in [-0.25, -0.2) is 18.4 Å². The largest absolute Gasteiger partial charge is 0.376 e. The SMILES string of the molecule is Cc1ccccc1-c1ccccc1CN1CCN(c2ccc3c(NS(=O)(=O)c4ccc(NC(CCN(C)C)CSc5ccccc5)c([N+](=O)[O-])c4)ncnc3c2)CC1. The van der Waals surface area contributed by atoms with Gasteiger partial charge in [0.25, 0.3) is 15.7 Å². The molecule has 12 nitrogen and oxygen atoms in total. The fourth-order valence-electron chi connectivity index (χ4n) is 7.21. The van der Waals surface area contributed by atoms with Crippen LogP contribution in [0.3, 0.4) is 0 Å². The minimum absolute atomic E-state index is 0.0974. The van der Waals surface area contributed by atoms with Crippen molar-refractivity contribution in [3.8, 4) is 11.1 Å². The first-order chi connectivity index (χ1) is 28.0. The van der Waals surface area contributed by atoms with Gasteiger partial charge in [-0.05, 0) is 98.7 Å². The zero-order valence-corrected chi connectivity index (χ0v) is 34.5. The molecule has 0 saturated carbocycles. The van der Waals surface area contributed by atoms with Crippen LogP contribution in [0.4, 0.5) is 22.9 Å². The van der Waals surface area contributed by atoms with Crippen LogP contribution in [-0.2, 0) is 16.6 Å². The molecule has 1 aliphatic heterocycles. The van der Waals surface area contributed by atoms with Crippen molar-refractivity contribution in [3.63, 3.8) is 0 Å². The van der Waals surface area contributed by atoms with Gasteiger partial charge in [-0.2, -0.15) is 0 Å². The van der Waals surface area contributed by atoms with Gasteiger partial charge in [0.1, 0.15) is 12.0 Å². The number of nitro groups is 1. The molecule has 300 valence electrons. The van der Waals surface area contributed by atoms with E-state index in [0.29, 0.717) is 16.7 Å². The molecule has 7 rings (SSSR count). The molecular formula is C44H48N8O4S2. The Bertz CT molecular complexity index is 2480. The number of aromatic nitrogens is 2. The maximum atomic E-state index is 13.7. The second-order valence-corrected chi connectivity index (χ2v) is 17.5. The average molecular weight is 817 g/mol. The van der Waals surface area contributed by atoms with Crippen molar-refractivity contribution >= 4 is 55.6 Å². The molecule has 2 heterocycles. The standard InChI is InChI=1S/C44H48N8O4S2/c1-32-11-7-9-15-38(32)39-16-10-8-12-33(39)29-50-23-25-51(26-24-50)35-17-19-40-42(27-35)45-31-46-44(40)48-58(55,56)37-18-20-41(43(28-37)52(53)54)47-34(21-22-49(2)3)30-57-36-13-5-4-6-14-36/h4-20,27-28,31,34,47H,21-26,29-30H2,1-3H3,(H,45,46,48). The van der Waals surface area contributed by atoms with Crippen LogP contribution in [0, 0.1) is 17.0 Å². The number of hydrogen-bond donors (Lipinski definition) is 2. The van der Waals surface area contributed by atoms with E-state index in [1.807, 2.05) is 62.6 Å². The van der Waals surface area contributed by atoms with Gasteiger partial charge in [0.2, 0.25) is 0 Å². The molecule has 5 aromatic carbocycles. The minimum Gasteiger partial charge on any atom is -0.376 e. The van der Waals surface area contributed by atoms with E-state index >= 15 is 0 Å². The third-order valence-electron chi connectivity index (χ3n) is 10.4. The highest BCUT2D eigenvalue weighted by atomic mass is 32.2. The summed E-state index contributed by atoms with van der Waals surface area (Å²) < 4.78 is 30.1. The molecule has 58 heavy (non-hydrogen) atoms. The van der Waals surface area contributed by atoms with Crippen molar-refractivity contribution in [2.75, 3.05) is 67.5 Å². The van der Waals surface area contributed by atoms with Crippen molar-refractivity contribution in [3.05, 3.63) is 143 Å². The third kappa shape index (κ3) is 9.94. The van der Waals surface area contributed by atoms with Crippen LogP contribution < -0.4 is 14.9 Å². The zero-order valence-electron chi connectivity index (χ0n) is 32.9. The monoisotopic (exact) mass is 816 g/mol. The molecular weight excluding hydrogens is 769 g/mol. The first kappa shape index (κ1) is 40.6. The van der Waals surface area contributed by atoms with Crippen LogP contribution in [0.2, 0.25) is 0 Å². The third-order valence-corrected chi connectivity index (χ3v) is 12.9. The summed E-state index contributed by atoms with van der Waals surface area (Å²) in [5, 5.41) is 16.2. The van der Waals surface area contributed by atoms with E-state index < -0.39 is 14.9 Å². The second-order valence-electron chi connectivity index (χ2n) is 14.8. The first-order valence-electron chi connectivity index (χ1n) is 19.3. The smallest absolute Gasteiger partial charge is 0.293 e. The Kier molecular flexibility index (Phi) is 12.9. The fraction of sp³-hybridized carbons (Fsp3) is 0.273. The quantitative estimate of drug-likeness (QED) is 0.0556. The Balaban J connectivity index is 1.03. The van der Waals surface area contributed by atoms with Crippen LogP contribution >= 0.6 is 11.8 Å². The van der Waals surface area contributed by atoms with Crippen molar-refractivity contribution in [2.24, 2.45) is 0 Å². The molecule has 2 N–H and O–H groups in total. The molecule has 0 amide bonds. The number of nitrogens with zero attached hydrogens (tertiary/aromatic N) is 6. The summed E-state index contributed by atoms with van der Waals surface area (Å²) in [4.78, 5) is 28.2. The normalized spacial score (nSPS) is 14.1. The predicted molar refractivity (Wildman–Crippen MR) is 235 cm³/mol. The maximum Gasteiger partial charge on any atom is 0.293 e. The van der Waals surface area contributed by atoms with Crippen molar-refractivity contribution in [1.29, 1.82) is 0 Å². The Labute approximate surface area is 344 Å². The summed E-state index contributed by atoms with van der Waals surface area (Å²) >= 11 is 1.66. The highest BCUT2D eigenvalue weighted by Gasteiger charge is 2.25. The van der Waals surface area contributed by atoms with Gasteiger partial charge in [-0.1, -0.05) is 66.7 Å². The Morgan fingerprint density at radius 3 is 2.33 bits per heavy atom. The fourth-order valence-corrected chi connectivity index (χ4v) is 9.25. The summed E-state index contributed by atoms with van der Waals surface area (Å²) in [5.74, 6) is 0.763. The number of rotatable bonds is 16. The molecule has 1 aliphatic rings. The molecule has 1 saturated heterocycles. The lowest BCUT2D eigenvalue weighted by atomic mass is 9.95. The lowest BCUT2D eigenvalue weighted by molar-refractivity contribution is -0.384.